The average Bonchev–Trinajstić information content (AvgIpc) is 3.67. The molecule has 39 heavy (non-hydrogen) atoms. The summed E-state index contributed by atoms with van der Waals surface area (Å²) in [7, 11) is 0. The summed E-state index contributed by atoms with van der Waals surface area (Å²) >= 11 is 0. The molecule has 0 aliphatic carbocycles. The third-order valence-corrected chi connectivity index (χ3v) is 7.58. The van der Waals surface area contributed by atoms with Gasteiger partial charge in [0.15, 0.2) is 0 Å². The molecule has 6 rings (SSSR count). The number of nitrogens with zero attached hydrogens (tertiary/aromatic N) is 1. The Balaban J connectivity index is 1.34. The van der Waals surface area contributed by atoms with E-state index in [1.54, 1.807) is 11.0 Å². The highest BCUT2D eigenvalue weighted by Crippen LogP contribution is 2.41. The fraction of sp³-hybridized carbons (Fsp3) is 0.312. The lowest BCUT2D eigenvalue weighted by molar-refractivity contribution is -0.140. The van der Waals surface area contributed by atoms with Crippen LogP contribution < -0.4 is 9.47 Å². The van der Waals surface area contributed by atoms with Gasteiger partial charge in [-0.25, -0.2) is 0 Å². The Bertz CT molecular complexity index is 1410. The predicted molar refractivity (Wildman–Crippen MR) is 145 cm³/mol. The molecular formula is C32H31NO6. The van der Waals surface area contributed by atoms with E-state index in [1.807, 2.05) is 73.7 Å². The van der Waals surface area contributed by atoms with Crippen molar-refractivity contribution in [1.82, 2.24) is 4.90 Å². The number of benzene rings is 3. The molecule has 3 heterocycles. The fourth-order valence-corrected chi connectivity index (χ4v) is 5.63. The van der Waals surface area contributed by atoms with Gasteiger partial charge in [-0.2, -0.15) is 0 Å². The van der Waals surface area contributed by atoms with Gasteiger partial charge in [0.2, 0.25) is 0 Å². The Kier molecular flexibility index (Phi) is 6.83. The van der Waals surface area contributed by atoms with Gasteiger partial charge in [-0.1, -0.05) is 42.5 Å². The lowest BCUT2D eigenvalue weighted by atomic mass is 9.94. The molecule has 0 radical (unpaired) electrons. The molecule has 3 unspecified atom stereocenters. The van der Waals surface area contributed by atoms with Crippen LogP contribution in [0.3, 0.4) is 0 Å². The van der Waals surface area contributed by atoms with Gasteiger partial charge in [-0.15, -0.1) is 0 Å². The number of ether oxygens (including phenoxy) is 3. The summed E-state index contributed by atoms with van der Waals surface area (Å²) in [5.74, 6) is -0.0449. The molecule has 1 N–H and O–H groups in total. The Hall–Kier alpha value is -4.10. The minimum atomic E-state index is -0.735. The quantitative estimate of drug-likeness (QED) is 0.260. The lowest BCUT2D eigenvalue weighted by Crippen LogP contribution is -2.36. The molecule has 3 atom stereocenters. The molecule has 3 aromatic rings. The summed E-state index contributed by atoms with van der Waals surface area (Å²) in [6.45, 7) is 3.35. The zero-order chi connectivity index (χ0) is 26.9. The molecular weight excluding hydrogens is 494 g/mol. The van der Waals surface area contributed by atoms with Crippen molar-refractivity contribution in [3.63, 3.8) is 0 Å². The van der Waals surface area contributed by atoms with E-state index in [0.717, 1.165) is 41.7 Å². The first kappa shape index (κ1) is 25.2. The van der Waals surface area contributed by atoms with Gasteiger partial charge >= 0.3 is 0 Å². The van der Waals surface area contributed by atoms with Crippen LogP contribution in [-0.4, -0.2) is 47.1 Å². The second-order valence-corrected chi connectivity index (χ2v) is 10.4. The zero-order valence-corrected chi connectivity index (χ0v) is 21.8. The smallest absolute Gasteiger partial charge is 0.295 e. The van der Waals surface area contributed by atoms with Crippen LogP contribution in [0.5, 0.6) is 11.5 Å². The van der Waals surface area contributed by atoms with Crippen LogP contribution in [0.25, 0.3) is 5.76 Å². The summed E-state index contributed by atoms with van der Waals surface area (Å²) in [6.07, 6.45) is 2.38. The molecule has 3 aliphatic heterocycles. The molecule has 2 saturated heterocycles. The maximum Gasteiger partial charge on any atom is 0.295 e. The van der Waals surface area contributed by atoms with E-state index in [1.165, 1.54) is 0 Å². The number of hydrogen-bond acceptors (Lipinski definition) is 6. The third kappa shape index (κ3) is 5.02. The van der Waals surface area contributed by atoms with Crippen LogP contribution in [0.4, 0.5) is 0 Å². The van der Waals surface area contributed by atoms with E-state index < -0.39 is 17.7 Å². The fourth-order valence-electron chi connectivity index (χ4n) is 5.63. The SMILES string of the molecule is CC1Cc2cc(/C(O)=C3\C(=O)C(=O)N(CC4CCCO4)C3c3ccc(OCc4ccccc4)cc3)ccc2O1. The molecule has 3 aliphatic rings. The number of likely N-dealkylation sites (tertiary alicyclic amines) is 1. The lowest BCUT2D eigenvalue weighted by Gasteiger charge is -2.27. The molecule has 0 aromatic heterocycles. The van der Waals surface area contributed by atoms with Gasteiger partial charge in [0.05, 0.1) is 17.7 Å². The Labute approximate surface area is 227 Å². The molecule has 0 bridgehead atoms. The number of hydrogen-bond donors (Lipinski definition) is 1. The largest absolute Gasteiger partial charge is 0.507 e. The summed E-state index contributed by atoms with van der Waals surface area (Å²) in [6, 6.07) is 21.9. The number of aliphatic hydroxyl groups excluding tert-OH is 1. The molecule has 1 amide bonds. The van der Waals surface area contributed by atoms with Crippen molar-refractivity contribution in [3.8, 4) is 11.5 Å². The first-order chi connectivity index (χ1) is 19.0. The molecule has 0 spiro atoms. The molecule has 0 saturated carbocycles. The van der Waals surface area contributed by atoms with Crippen molar-refractivity contribution >= 4 is 17.4 Å². The van der Waals surface area contributed by atoms with E-state index in [2.05, 4.69) is 0 Å². The second-order valence-electron chi connectivity index (χ2n) is 10.4. The van der Waals surface area contributed by atoms with E-state index in [9.17, 15) is 14.7 Å². The second kappa shape index (κ2) is 10.6. The van der Waals surface area contributed by atoms with Crippen LogP contribution in [0.2, 0.25) is 0 Å². The van der Waals surface area contributed by atoms with Crippen LogP contribution >= 0.6 is 0 Å². The third-order valence-electron chi connectivity index (χ3n) is 7.58. The summed E-state index contributed by atoms with van der Waals surface area (Å²) in [5, 5.41) is 11.5. The van der Waals surface area contributed by atoms with E-state index in [0.29, 0.717) is 24.5 Å². The standard InChI is InChI=1S/C32H31NO6/c1-20-16-24-17-23(11-14-27(24)39-20)30(34)28-29(33(32(36)31(28)35)18-26-8-5-15-37-26)22-9-12-25(13-10-22)38-19-21-6-3-2-4-7-21/h2-4,6-7,9-14,17,20,26,29,34H,5,8,15-16,18-19H2,1H3/b30-28+. The van der Waals surface area contributed by atoms with Gasteiger partial charge in [0.25, 0.3) is 11.7 Å². The first-order valence-corrected chi connectivity index (χ1v) is 13.4. The van der Waals surface area contributed by atoms with E-state index in [-0.39, 0.29) is 30.1 Å². The number of rotatable bonds is 7. The van der Waals surface area contributed by atoms with Gasteiger partial charge in [0.1, 0.15) is 30.0 Å². The van der Waals surface area contributed by atoms with Crippen LogP contribution in [-0.2, 0) is 27.4 Å². The number of carbonyl (C=O) groups excluding carboxylic acids is 2. The van der Waals surface area contributed by atoms with Crippen molar-refractivity contribution in [1.29, 1.82) is 0 Å². The molecule has 2 fully saturated rings. The maximum absolute atomic E-state index is 13.4. The average molecular weight is 526 g/mol. The number of carbonyl (C=O) groups is 2. The van der Waals surface area contributed by atoms with Crippen LogP contribution in [0.15, 0.2) is 78.4 Å². The Morgan fingerprint density at radius 3 is 2.59 bits per heavy atom. The molecule has 7 nitrogen and oxygen atoms in total. The van der Waals surface area contributed by atoms with Gasteiger partial charge < -0.3 is 24.2 Å². The summed E-state index contributed by atoms with van der Waals surface area (Å²) in [5.41, 5.74) is 3.33. The molecule has 200 valence electrons. The van der Waals surface area contributed by atoms with Crippen LogP contribution in [0.1, 0.15) is 48.1 Å². The maximum atomic E-state index is 13.4. The highest BCUT2D eigenvalue weighted by atomic mass is 16.5. The minimum Gasteiger partial charge on any atom is -0.507 e. The number of Topliss-reactive ketones (excluding diaryl/α,β-unsaturated/α-hetero) is 1. The molecule has 3 aromatic carbocycles. The summed E-state index contributed by atoms with van der Waals surface area (Å²) in [4.78, 5) is 28.3. The number of aliphatic hydroxyl groups is 1. The topological polar surface area (TPSA) is 85.3 Å². The summed E-state index contributed by atoms with van der Waals surface area (Å²) < 4.78 is 17.5. The monoisotopic (exact) mass is 525 g/mol. The normalized spacial score (nSPS) is 23.6. The van der Waals surface area contributed by atoms with Crippen molar-refractivity contribution in [2.24, 2.45) is 0 Å². The van der Waals surface area contributed by atoms with E-state index in [4.69, 9.17) is 14.2 Å². The predicted octanol–water partition coefficient (Wildman–Crippen LogP) is 5.19. The number of ketones is 1. The van der Waals surface area contributed by atoms with Crippen molar-refractivity contribution < 1.29 is 28.9 Å². The number of fused-ring (bicyclic) bond motifs is 1. The highest BCUT2D eigenvalue weighted by molar-refractivity contribution is 6.46. The highest BCUT2D eigenvalue weighted by Gasteiger charge is 2.47. The van der Waals surface area contributed by atoms with Crippen molar-refractivity contribution in [2.45, 2.75) is 51.0 Å². The van der Waals surface area contributed by atoms with Gasteiger partial charge in [-0.3, -0.25) is 9.59 Å². The van der Waals surface area contributed by atoms with Crippen molar-refractivity contribution in [2.75, 3.05) is 13.2 Å². The first-order valence-electron chi connectivity index (χ1n) is 13.4. The molecule has 7 heteroatoms. The Morgan fingerprint density at radius 2 is 1.85 bits per heavy atom. The van der Waals surface area contributed by atoms with Crippen LogP contribution in [0, 0.1) is 0 Å². The minimum absolute atomic E-state index is 0.0528. The van der Waals surface area contributed by atoms with Gasteiger partial charge in [-0.05, 0) is 66.8 Å². The van der Waals surface area contributed by atoms with Gasteiger partial charge in [0, 0.05) is 25.1 Å². The van der Waals surface area contributed by atoms with Crippen molar-refractivity contribution in [3.05, 3.63) is 101 Å². The zero-order valence-electron chi connectivity index (χ0n) is 21.8. The Morgan fingerprint density at radius 1 is 1.05 bits per heavy atom. The van der Waals surface area contributed by atoms with E-state index >= 15 is 0 Å². The number of amides is 1.